The van der Waals surface area contributed by atoms with Crippen molar-refractivity contribution in [2.75, 3.05) is 19.8 Å². The number of esters is 1. The summed E-state index contributed by atoms with van der Waals surface area (Å²) in [7, 11) is 0. The summed E-state index contributed by atoms with van der Waals surface area (Å²) in [6.45, 7) is 2.63. The largest absolute Gasteiger partial charge is 0.460 e. The van der Waals surface area contributed by atoms with Crippen molar-refractivity contribution < 1.29 is 24.9 Å². The molecule has 0 aliphatic carbocycles. The van der Waals surface area contributed by atoms with E-state index in [1.165, 1.54) is 0 Å². The number of hydrogen-bond donors (Lipinski definition) is 3. The number of ether oxygens (including phenoxy) is 1. The predicted octanol–water partition coefficient (Wildman–Crippen LogP) is -0.933. The first-order chi connectivity index (χ1) is 6.63. The Labute approximate surface area is 82.6 Å². The smallest absolute Gasteiger partial charge is 0.330 e. The van der Waals surface area contributed by atoms with Crippen molar-refractivity contribution in [3.05, 3.63) is 12.7 Å². The fraction of sp³-hybridized carbons (Fsp3) is 0.667. The molecule has 0 radical (unpaired) electrons. The second-order valence-electron chi connectivity index (χ2n) is 2.95. The van der Waals surface area contributed by atoms with Gasteiger partial charge < -0.3 is 20.1 Å². The number of carbonyl (C=O) groups is 1. The SMILES string of the molecule is C=CC(=O)OCC(O)CC(CO)CO. The first kappa shape index (κ1) is 13.1. The lowest BCUT2D eigenvalue weighted by Gasteiger charge is -2.15. The molecule has 5 heteroatoms. The molecule has 0 aliphatic rings. The van der Waals surface area contributed by atoms with Gasteiger partial charge in [-0.05, 0) is 6.42 Å². The molecule has 1 atom stereocenters. The number of hydrogen-bond acceptors (Lipinski definition) is 5. The highest BCUT2D eigenvalue weighted by atomic mass is 16.5. The number of aliphatic hydroxyl groups excluding tert-OH is 3. The van der Waals surface area contributed by atoms with Crippen molar-refractivity contribution in [1.82, 2.24) is 0 Å². The van der Waals surface area contributed by atoms with E-state index < -0.39 is 12.1 Å². The number of carbonyl (C=O) groups excluding carboxylic acids is 1. The molecule has 0 aliphatic heterocycles. The Hall–Kier alpha value is -0.910. The summed E-state index contributed by atoms with van der Waals surface area (Å²) in [4.78, 5) is 10.6. The van der Waals surface area contributed by atoms with Crippen LogP contribution in [0, 0.1) is 5.92 Å². The highest BCUT2D eigenvalue weighted by Gasteiger charge is 2.14. The topological polar surface area (TPSA) is 87.0 Å². The van der Waals surface area contributed by atoms with E-state index in [0.29, 0.717) is 0 Å². The van der Waals surface area contributed by atoms with Crippen LogP contribution >= 0.6 is 0 Å². The second kappa shape index (κ2) is 7.49. The molecule has 1 unspecified atom stereocenters. The third kappa shape index (κ3) is 5.69. The Balaban J connectivity index is 3.68. The summed E-state index contributed by atoms with van der Waals surface area (Å²) >= 11 is 0. The zero-order valence-corrected chi connectivity index (χ0v) is 7.93. The third-order valence-corrected chi connectivity index (χ3v) is 1.71. The standard InChI is InChI=1S/C9H16O5/c1-2-9(13)14-6-8(12)3-7(4-10)5-11/h2,7-8,10-12H,1,3-6H2. The van der Waals surface area contributed by atoms with Gasteiger partial charge in [-0.3, -0.25) is 0 Å². The lowest BCUT2D eigenvalue weighted by molar-refractivity contribution is -0.141. The molecular formula is C9H16O5. The summed E-state index contributed by atoms with van der Waals surface area (Å²) in [6.07, 6.45) is 0.322. The van der Waals surface area contributed by atoms with Gasteiger partial charge in [0, 0.05) is 25.2 Å². The molecule has 82 valence electrons. The van der Waals surface area contributed by atoms with Gasteiger partial charge in [-0.15, -0.1) is 0 Å². The number of aliphatic hydroxyl groups is 3. The first-order valence-corrected chi connectivity index (χ1v) is 4.33. The maximum Gasteiger partial charge on any atom is 0.330 e. The quantitative estimate of drug-likeness (QED) is 0.368. The minimum absolute atomic E-state index is 0.151. The van der Waals surface area contributed by atoms with E-state index in [4.69, 9.17) is 10.2 Å². The van der Waals surface area contributed by atoms with Gasteiger partial charge in [-0.1, -0.05) is 6.58 Å². The summed E-state index contributed by atoms with van der Waals surface area (Å²) < 4.78 is 4.57. The molecule has 0 bridgehead atoms. The molecule has 0 fully saturated rings. The molecule has 0 amide bonds. The van der Waals surface area contributed by atoms with Crippen LogP contribution in [0.5, 0.6) is 0 Å². The molecule has 0 spiro atoms. The van der Waals surface area contributed by atoms with Crippen molar-refractivity contribution >= 4 is 5.97 Å². The van der Waals surface area contributed by atoms with E-state index in [2.05, 4.69) is 11.3 Å². The summed E-state index contributed by atoms with van der Waals surface area (Å²) in [5.41, 5.74) is 0. The van der Waals surface area contributed by atoms with Gasteiger partial charge in [-0.25, -0.2) is 4.79 Å². The maximum atomic E-state index is 10.6. The molecule has 0 aromatic carbocycles. The van der Waals surface area contributed by atoms with Crippen LogP contribution in [0.1, 0.15) is 6.42 Å². The zero-order valence-electron chi connectivity index (χ0n) is 7.93. The van der Waals surface area contributed by atoms with Crippen molar-refractivity contribution in [3.8, 4) is 0 Å². The van der Waals surface area contributed by atoms with Crippen molar-refractivity contribution in [1.29, 1.82) is 0 Å². The Kier molecular flexibility index (Phi) is 7.00. The molecular weight excluding hydrogens is 188 g/mol. The van der Waals surface area contributed by atoms with Crippen LogP contribution in [0.4, 0.5) is 0 Å². The molecule has 5 nitrogen and oxygen atoms in total. The highest BCUT2D eigenvalue weighted by molar-refractivity contribution is 5.81. The average Bonchev–Trinajstić information content (AvgIpc) is 2.22. The van der Waals surface area contributed by atoms with Crippen LogP contribution in [0.25, 0.3) is 0 Å². The second-order valence-corrected chi connectivity index (χ2v) is 2.95. The molecule has 0 saturated heterocycles. The van der Waals surface area contributed by atoms with E-state index in [1.54, 1.807) is 0 Å². The summed E-state index contributed by atoms with van der Waals surface area (Å²) in [5.74, 6) is -0.985. The number of rotatable bonds is 7. The molecule has 0 aromatic heterocycles. The Bertz CT molecular complexity index is 176. The van der Waals surface area contributed by atoms with Gasteiger partial charge in [0.2, 0.25) is 0 Å². The molecule has 0 rings (SSSR count). The van der Waals surface area contributed by atoms with Crippen LogP contribution in [-0.2, 0) is 9.53 Å². The van der Waals surface area contributed by atoms with E-state index >= 15 is 0 Å². The molecule has 3 N–H and O–H groups in total. The molecule has 0 saturated carbocycles. The predicted molar refractivity (Wildman–Crippen MR) is 49.4 cm³/mol. The Morgan fingerprint density at radius 3 is 2.43 bits per heavy atom. The monoisotopic (exact) mass is 204 g/mol. The van der Waals surface area contributed by atoms with Crippen LogP contribution in [0.2, 0.25) is 0 Å². The van der Waals surface area contributed by atoms with Crippen molar-refractivity contribution in [3.63, 3.8) is 0 Å². The van der Waals surface area contributed by atoms with Crippen molar-refractivity contribution in [2.45, 2.75) is 12.5 Å². The Morgan fingerprint density at radius 1 is 1.43 bits per heavy atom. The van der Waals surface area contributed by atoms with E-state index in [1.807, 2.05) is 0 Å². The van der Waals surface area contributed by atoms with E-state index in [-0.39, 0.29) is 32.2 Å². The van der Waals surface area contributed by atoms with Gasteiger partial charge in [-0.2, -0.15) is 0 Å². The van der Waals surface area contributed by atoms with Gasteiger partial charge in [0.15, 0.2) is 0 Å². The van der Waals surface area contributed by atoms with Gasteiger partial charge in [0.1, 0.15) is 6.61 Å². The third-order valence-electron chi connectivity index (χ3n) is 1.71. The van der Waals surface area contributed by atoms with Gasteiger partial charge in [0.25, 0.3) is 0 Å². The highest BCUT2D eigenvalue weighted by Crippen LogP contribution is 2.05. The lowest BCUT2D eigenvalue weighted by atomic mass is 10.0. The van der Waals surface area contributed by atoms with E-state index in [0.717, 1.165) is 6.08 Å². The van der Waals surface area contributed by atoms with Gasteiger partial charge in [0.05, 0.1) is 6.10 Å². The lowest BCUT2D eigenvalue weighted by Crippen LogP contribution is -2.24. The van der Waals surface area contributed by atoms with Crippen LogP contribution in [-0.4, -0.2) is 47.2 Å². The molecule has 0 heterocycles. The minimum Gasteiger partial charge on any atom is -0.460 e. The van der Waals surface area contributed by atoms with Crippen LogP contribution in [0.3, 0.4) is 0 Å². The fourth-order valence-electron chi connectivity index (χ4n) is 0.897. The summed E-state index contributed by atoms with van der Waals surface area (Å²) in [6, 6.07) is 0. The van der Waals surface area contributed by atoms with Crippen LogP contribution in [0.15, 0.2) is 12.7 Å². The molecule has 14 heavy (non-hydrogen) atoms. The normalized spacial score (nSPS) is 12.6. The maximum absolute atomic E-state index is 10.6. The van der Waals surface area contributed by atoms with E-state index in [9.17, 15) is 9.90 Å². The fourth-order valence-corrected chi connectivity index (χ4v) is 0.897. The van der Waals surface area contributed by atoms with Crippen molar-refractivity contribution in [2.24, 2.45) is 5.92 Å². The molecule has 0 aromatic rings. The average molecular weight is 204 g/mol. The zero-order chi connectivity index (χ0) is 11.0. The first-order valence-electron chi connectivity index (χ1n) is 4.33. The van der Waals surface area contributed by atoms with Crippen LogP contribution < -0.4 is 0 Å². The minimum atomic E-state index is -0.872. The van der Waals surface area contributed by atoms with Gasteiger partial charge >= 0.3 is 5.97 Å². The summed E-state index contributed by atoms with van der Waals surface area (Å²) in [5, 5.41) is 26.7. The Morgan fingerprint density at radius 2 is 2.00 bits per heavy atom.